The second kappa shape index (κ2) is 5.66. The smallest absolute Gasteiger partial charge is 0.130 e. The lowest BCUT2D eigenvalue weighted by Crippen LogP contribution is -2.22. The van der Waals surface area contributed by atoms with E-state index in [0.29, 0.717) is 0 Å². The summed E-state index contributed by atoms with van der Waals surface area (Å²) in [4.78, 5) is 5.11. The van der Waals surface area contributed by atoms with Crippen molar-refractivity contribution in [2.24, 2.45) is 4.99 Å². The molecule has 0 atom stereocenters. The molecule has 3 aromatic rings. The molecule has 0 bridgehead atoms. The van der Waals surface area contributed by atoms with E-state index in [1.54, 1.807) is 0 Å². The first-order valence-corrected chi connectivity index (χ1v) is 8.87. The molecule has 122 valence electrons. The molecule has 2 aliphatic carbocycles. The van der Waals surface area contributed by atoms with Crippen LogP contribution < -0.4 is 0 Å². The van der Waals surface area contributed by atoms with Crippen LogP contribution in [0, 0.1) is 5.82 Å². The molecule has 0 fully saturated rings. The number of nitrogens with zero attached hydrogens (tertiary/aromatic N) is 1. The molecule has 0 saturated carbocycles. The number of benzene rings is 3. The molecule has 0 saturated heterocycles. The molecule has 2 aliphatic rings. The Hall–Kier alpha value is -2.74. The van der Waals surface area contributed by atoms with Gasteiger partial charge >= 0.3 is 0 Å². The Labute approximate surface area is 146 Å². The average molecular weight is 327 g/mol. The first-order valence-electron chi connectivity index (χ1n) is 8.87. The molecular formula is C23H18FN. The molecule has 3 aromatic carbocycles. The van der Waals surface area contributed by atoms with E-state index in [0.717, 1.165) is 70.5 Å². The highest BCUT2D eigenvalue weighted by atomic mass is 19.1. The van der Waals surface area contributed by atoms with Gasteiger partial charge in [0.05, 0.1) is 11.4 Å². The highest BCUT2D eigenvalue weighted by molar-refractivity contribution is 6.14. The monoisotopic (exact) mass is 327 g/mol. The van der Waals surface area contributed by atoms with Crippen LogP contribution in [0.25, 0.3) is 0 Å². The fraction of sp³-hybridized carbons (Fsp3) is 0.174. The number of fused-ring (bicyclic) bond motifs is 2. The predicted molar refractivity (Wildman–Crippen MR) is 99.4 cm³/mol. The average Bonchev–Trinajstić information content (AvgIpc) is 2.58. The molecule has 0 N–H and O–H groups in total. The van der Waals surface area contributed by atoms with Crippen LogP contribution in [0.3, 0.4) is 0 Å². The molecule has 0 amide bonds. The van der Waals surface area contributed by atoms with Crippen LogP contribution in [0.15, 0.2) is 65.7 Å². The van der Waals surface area contributed by atoms with Crippen molar-refractivity contribution in [3.05, 3.63) is 99.9 Å². The normalized spacial score (nSPS) is 14.0. The lowest BCUT2D eigenvalue weighted by Gasteiger charge is -2.31. The van der Waals surface area contributed by atoms with Crippen LogP contribution in [0.2, 0.25) is 0 Å². The molecule has 0 aromatic heterocycles. The Morgan fingerprint density at radius 2 is 1.08 bits per heavy atom. The molecule has 0 heterocycles. The van der Waals surface area contributed by atoms with E-state index in [1.807, 2.05) is 36.4 Å². The van der Waals surface area contributed by atoms with Crippen LogP contribution >= 0.6 is 0 Å². The molecule has 2 heteroatoms. The standard InChI is InChI=1S/C23H18FN/c24-21-17-11-13-19(17)23(20-14-12-18(20)21)25-22(15-7-3-1-4-8-15)16-9-5-2-6-10-16/h1-10H,11-14H2. The summed E-state index contributed by atoms with van der Waals surface area (Å²) in [5.41, 5.74) is 8.25. The van der Waals surface area contributed by atoms with Gasteiger partial charge in [-0.15, -0.1) is 0 Å². The summed E-state index contributed by atoms with van der Waals surface area (Å²) in [6.07, 6.45) is 3.58. The van der Waals surface area contributed by atoms with Crippen molar-refractivity contribution in [3.8, 4) is 0 Å². The molecule has 1 nitrogen and oxygen atoms in total. The first-order chi connectivity index (χ1) is 12.3. The Balaban J connectivity index is 1.74. The topological polar surface area (TPSA) is 12.4 Å². The van der Waals surface area contributed by atoms with E-state index in [9.17, 15) is 4.39 Å². The number of hydrogen-bond donors (Lipinski definition) is 0. The minimum atomic E-state index is 0.0439. The van der Waals surface area contributed by atoms with Crippen molar-refractivity contribution in [2.45, 2.75) is 25.7 Å². The van der Waals surface area contributed by atoms with Crippen LogP contribution in [-0.2, 0) is 25.7 Å². The highest BCUT2D eigenvalue weighted by Gasteiger charge is 2.32. The van der Waals surface area contributed by atoms with Gasteiger partial charge in [-0.3, -0.25) is 0 Å². The molecule has 0 unspecified atom stereocenters. The summed E-state index contributed by atoms with van der Waals surface area (Å²) >= 11 is 0. The third-order valence-corrected chi connectivity index (χ3v) is 5.40. The van der Waals surface area contributed by atoms with Gasteiger partial charge in [-0.2, -0.15) is 0 Å². The summed E-state index contributed by atoms with van der Waals surface area (Å²) in [5, 5.41) is 0. The van der Waals surface area contributed by atoms with Gasteiger partial charge < -0.3 is 0 Å². The van der Waals surface area contributed by atoms with E-state index in [4.69, 9.17) is 4.99 Å². The SMILES string of the molecule is Fc1c2c(c(N=C(c3ccccc3)c3ccccc3)c3c1CC3)CC2. The third-order valence-electron chi connectivity index (χ3n) is 5.40. The summed E-state index contributed by atoms with van der Waals surface area (Å²) in [6.45, 7) is 0. The Morgan fingerprint density at radius 1 is 0.640 bits per heavy atom. The van der Waals surface area contributed by atoms with Crippen LogP contribution in [-0.4, -0.2) is 5.71 Å². The quantitative estimate of drug-likeness (QED) is 0.587. The first kappa shape index (κ1) is 14.6. The highest BCUT2D eigenvalue weighted by Crippen LogP contribution is 2.45. The lowest BCUT2D eigenvalue weighted by molar-refractivity contribution is 0.554. The zero-order valence-electron chi connectivity index (χ0n) is 13.9. The van der Waals surface area contributed by atoms with Gasteiger partial charge in [0, 0.05) is 11.1 Å². The molecule has 0 radical (unpaired) electrons. The zero-order chi connectivity index (χ0) is 16.8. The molecular weight excluding hydrogens is 309 g/mol. The van der Waals surface area contributed by atoms with E-state index in [2.05, 4.69) is 24.3 Å². The van der Waals surface area contributed by atoms with Crippen molar-refractivity contribution >= 4 is 11.4 Å². The van der Waals surface area contributed by atoms with Gasteiger partial charge in [0.1, 0.15) is 5.82 Å². The van der Waals surface area contributed by atoms with E-state index in [-0.39, 0.29) is 5.82 Å². The fourth-order valence-electron chi connectivity index (χ4n) is 3.86. The molecule has 0 spiro atoms. The summed E-state index contributed by atoms with van der Waals surface area (Å²) in [6, 6.07) is 20.5. The van der Waals surface area contributed by atoms with Gasteiger partial charge in [0.15, 0.2) is 0 Å². The van der Waals surface area contributed by atoms with Crippen LogP contribution in [0.1, 0.15) is 33.4 Å². The van der Waals surface area contributed by atoms with Gasteiger partial charge in [-0.05, 0) is 47.9 Å². The van der Waals surface area contributed by atoms with Crippen molar-refractivity contribution in [1.82, 2.24) is 0 Å². The number of aliphatic imine (C=N–C) groups is 1. The van der Waals surface area contributed by atoms with Crippen molar-refractivity contribution in [3.63, 3.8) is 0 Å². The number of hydrogen-bond acceptors (Lipinski definition) is 1. The Kier molecular flexibility index (Phi) is 3.30. The minimum Gasteiger partial charge on any atom is -0.247 e. The van der Waals surface area contributed by atoms with Gasteiger partial charge in [-0.1, -0.05) is 60.7 Å². The summed E-state index contributed by atoms with van der Waals surface area (Å²) < 4.78 is 14.5. The number of halogens is 1. The van der Waals surface area contributed by atoms with E-state index < -0.39 is 0 Å². The Morgan fingerprint density at radius 3 is 1.48 bits per heavy atom. The predicted octanol–water partition coefficient (Wildman–Crippen LogP) is 5.19. The zero-order valence-corrected chi connectivity index (χ0v) is 13.9. The van der Waals surface area contributed by atoms with Gasteiger partial charge in [0.2, 0.25) is 0 Å². The largest absolute Gasteiger partial charge is 0.247 e. The van der Waals surface area contributed by atoms with E-state index >= 15 is 0 Å². The molecule has 5 rings (SSSR count). The van der Waals surface area contributed by atoms with Gasteiger partial charge in [-0.25, -0.2) is 9.38 Å². The van der Waals surface area contributed by atoms with Crippen LogP contribution in [0.4, 0.5) is 10.1 Å². The van der Waals surface area contributed by atoms with Crippen molar-refractivity contribution < 1.29 is 4.39 Å². The maximum atomic E-state index is 14.5. The van der Waals surface area contributed by atoms with Crippen molar-refractivity contribution in [2.75, 3.05) is 0 Å². The minimum absolute atomic E-state index is 0.0439. The second-order valence-corrected chi connectivity index (χ2v) is 6.77. The third kappa shape index (κ3) is 2.25. The van der Waals surface area contributed by atoms with Gasteiger partial charge in [0.25, 0.3) is 0 Å². The summed E-state index contributed by atoms with van der Waals surface area (Å²) in [5.74, 6) is 0.0439. The molecule has 25 heavy (non-hydrogen) atoms. The maximum Gasteiger partial charge on any atom is 0.130 e. The molecule has 0 aliphatic heterocycles. The van der Waals surface area contributed by atoms with Crippen molar-refractivity contribution in [1.29, 1.82) is 0 Å². The number of rotatable bonds is 3. The van der Waals surface area contributed by atoms with Crippen LogP contribution in [0.5, 0.6) is 0 Å². The second-order valence-electron chi connectivity index (χ2n) is 6.77. The Bertz CT molecular complexity index is 913. The maximum absolute atomic E-state index is 14.5. The lowest BCUT2D eigenvalue weighted by atomic mass is 9.76. The van der Waals surface area contributed by atoms with E-state index in [1.165, 1.54) is 0 Å². The fourth-order valence-corrected chi connectivity index (χ4v) is 3.86. The summed E-state index contributed by atoms with van der Waals surface area (Å²) in [7, 11) is 0.